The third-order valence-electron chi connectivity index (χ3n) is 4.06. The normalized spacial score (nSPS) is 11.8. The molecule has 0 saturated heterocycles. The van der Waals surface area contributed by atoms with Gasteiger partial charge in [0, 0.05) is 24.0 Å². The molecule has 0 aliphatic rings. The molecule has 7 heteroatoms. The highest BCUT2D eigenvalue weighted by Crippen LogP contribution is 2.26. The van der Waals surface area contributed by atoms with Crippen LogP contribution in [0.4, 0.5) is 5.13 Å². The zero-order chi connectivity index (χ0) is 19.1. The van der Waals surface area contributed by atoms with Crippen LogP contribution in [0.2, 0.25) is 0 Å². The number of hydrogen-bond acceptors (Lipinski definition) is 5. The topological polar surface area (TPSA) is 45.2 Å². The number of thiocarbonyl (C=S) groups is 1. The van der Waals surface area contributed by atoms with E-state index in [1.807, 2.05) is 12.3 Å². The predicted molar refractivity (Wildman–Crippen MR) is 118 cm³/mol. The number of benzene rings is 1. The van der Waals surface area contributed by atoms with Gasteiger partial charge < -0.3 is 10.2 Å². The van der Waals surface area contributed by atoms with Gasteiger partial charge in [0.2, 0.25) is 5.91 Å². The minimum absolute atomic E-state index is 0.0771. The van der Waals surface area contributed by atoms with E-state index >= 15 is 0 Å². The number of thiazole rings is 1. The SMILES string of the molecule is CCc1ccc(-c2csc(NC(=O)C(C)SC(=S)N(CC)CC)n2)cc1. The van der Waals surface area contributed by atoms with E-state index in [0.717, 1.165) is 35.1 Å². The summed E-state index contributed by atoms with van der Waals surface area (Å²) in [5, 5.41) is 5.22. The minimum atomic E-state index is -0.265. The molecule has 26 heavy (non-hydrogen) atoms. The summed E-state index contributed by atoms with van der Waals surface area (Å²) in [5.74, 6) is -0.0771. The summed E-state index contributed by atoms with van der Waals surface area (Å²) in [4.78, 5) is 19.0. The third-order valence-corrected chi connectivity index (χ3v) is 6.39. The molecule has 1 unspecified atom stereocenters. The number of amides is 1. The molecule has 1 heterocycles. The fourth-order valence-corrected chi connectivity index (χ4v) is 4.63. The molecular weight excluding hydrogens is 382 g/mol. The molecule has 2 aromatic rings. The van der Waals surface area contributed by atoms with Gasteiger partial charge in [-0.25, -0.2) is 4.98 Å². The Labute approximate surface area is 169 Å². The molecule has 0 radical (unpaired) electrons. The predicted octanol–water partition coefficient (Wildman–Crippen LogP) is 5.06. The average Bonchev–Trinajstić information content (AvgIpc) is 3.11. The van der Waals surface area contributed by atoms with E-state index in [1.165, 1.54) is 28.7 Å². The van der Waals surface area contributed by atoms with Gasteiger partial charge in [0.15, 0.2) is 5.13 Å². The lowest BCUT2D eigenvalue weighted by molar-refractivity contribution is -0.115. The molecule has 1 atom stereocenters. The van der Waals surface area contributed by atoms with Crippen molar-refractivity contribution in [2.45, 2.75) is 39.4 Å². The van der Waals surface area contributed by atoms with Crippen molar-refractivity contribution in [3.8, 4) is 11.3 Å². The molecule has 4 nitrogen and oxygen atoms in total. The molecule has 0 aliphatic heterocycles. The van der Waals surface area contributed by atoms with Crippen LogP contribution < -0.4 is 5.32 Å². The van der Waals surface area contributed by atoms with Gasteiger partial charge in [-0.2, -0.15) is 0 Å². The van der Waals surface area contributed by atoms with Crippen LogP contribution in [0, 0.1) is 0 Å². The second-order valence-corrected chi connectivity index (χ2v) is 8.61. The molecule has 140 valence electrons. The molecule has 0 bridgehead atoms. The molecule has 1 N–H and O–H groups in total. The van der Waals surface area contributed by atoms with Crippen LogP contribution in [-0.4, -0.2) is 38.5 Å². The monoisotopic (exact) mass is 407 g/mol. The van der Waals surface area contributed by atoms with Gasteiger partial charge in [-0.1, -0.05) is 55.2 Å². The van der Waals surface area contributed by atoms with Gasteiger partial charge >= 0.3 is 0 Å². The first-order valence-electron chi connectivity index (χ1n) is 8.79. The number of nitrogens with zero attached hydrogens (tertiary/aromatic N) is 2. The number of rotatable bonds is 7. The smallest absolute Gasteiger partial charge is 0.239 e. The third kappa shape index (κ3) is 5.53. The van der Waals surface area contributed by atoms with Gasteiger partial charge in [-0.05, 0) is 32.8 Å². The molecule has 1 aromatic heterocycles. The van der Waals surface area contributed by atoms with Gasteiger partial charge in [-0.15, -0.1) is 11.3 Å². The first-order chi connectivity index (χ1) is 12.5. The number of anilines is 1. The Morgan fingerprint density at radius 1 is 1.27 bits per heavy atom. The maximum atomic E-state index is 12.4. The number of thioether (sulfide) groups is 1. The first kappa shape index (κ1) is 20.9. The highest BCUT2D eigenvalue weighted by molar-refractivity contribution is 8.23. The molecule has 0 spiro atoms. The number of nitrogens with one attached hydrogen (secondary N) is 1. The number of aryl methyl sites for hydroxylation is 1. The molecule has 1 aromatic carbocycles. The van der Waals surface area contributed by atoms with Gasteiger partial charge in [0.1, 0.15) is 4.32 Å². The van der Waals surface area contributed by atoms with E-state index in [1.54, 1.807) is 0 Å². The Morgan fingerprint density at radius 2 is 1.92 bits per heavy atom. The number of hydrogen-bond donors (Lipinski definition) is 1. The van der Waals surface area contributed by atoms with E-state index in [-0.39, 0.29) is 11.2 Å². The molecular formula is C19H25N3OS3. The van der Waals surface area contributed by atoms with E-state index < -0.39 is 0 Å². The highest BCUT2D eigenvalue weighted by atomic mass is 32.2. The van der Waals surface area contributed by atoms with Crippen LogP contribution in [0.15, 0.2) is 29.6 Å². The molecule has 2 rings (SSSR count). The van der Waals surface area contributed by atoms with Crippen molar-refractivity contribution >= 4 is 50.7 Å². The Bertz CT molecular complexity index is 739. The lowest BCUT2D eigenvalue weighted by atomic mass is 10.1. The maximum Gasteiger partial charge on any atom is 0.239 e. The van der Waals surface area contributed by atoms with Crippen molar-refractivity contribution < 1.29 is 4.79 Å². The minimum Gasteiger partial charge on any atom is -0.358 e. The van der Waals surface area contributed by atoms with E-state index in [2.05, 4.69) is 60.2 Å². The van der Waals surface area contributed by atoms with Crippen LogP contribution in [0.1, 0.15) is 33.3 Å². The molecule has 0 fully saturated rings. The lowest BCUT2D eigenvalue weighted by Crippen LogP contribution is -2.31. The zero-order valence-electron chi connectivity index (χ0n) is 15.6. The van der Waals surface area contributed by atoms with Crippen LogP contribution in [0.25, 0.3) is 11.3 Å². The quantitative estimate of drug-likeness (QED) is 0.650. The Balaban J connectivity index is 1.96. The van der Waals surface area contributed by atoms with Crippen LogP contribution in [0.5, 0.6) is 0 Å². The summed E-state index contributed by atoms with van der Waals surface area (Å²) in [6.45, 7) is 9.83. The van der Waals surface area contributed by atoms with Crippen molar-refractivity contribution in [2.75, 3.05) is 18.4 Å². The summed E-state index contributed by atoms with van der Waals surface area (Å²) in [6.07, 6.45) is 1.02. The van der Waals surface area contributed by atoms with Crippen molar-refractivity contribution in [2.24, 2.45) is 0 Å². The summed E-state index contributed by atoms with van der Waals surface area (Å²) in [7, 11) is 0. The van der Waals surface area contributed by atoms with Crippen molar-refractivity contribution in [1.82, 2.24) is 9.88 Å². The van der Waals surface area contributed by atoms with E-state index in [9.17, 15) is 4.79 Å². The van der Waals surface area contributed by atoms with Gasteiger partial charge in [0.05, 0.1) is 10.9 Å². The number of carbonyl (C=O) groups excluding carboxylic acids is 1. The van der Waals surface area contributed by atoms with Crippen LogP contribution >= 0.6 is 35.3 Å². The summed E-state index contributed by atoms with van der Waals surface area (Å²) >= 11 is 8.27. The molecule has 1 amide bonds. The second-order valence-electron chi connectivity index (χ2n) is 5.78. The highest BCUT2D eigenvalue weighted by Gasteiger charge is 2.19. The van der Waals surface area contributed by atoms with Crippen molar-refractivity contribution in [3.63, 3.8) is 0 Å². The largest absolute Gasteiger partial charge is 0.358 e. The van der Waals surface area contributed by atoms with Crippen molar-refractivity contribution in [3.05, 3.63) is 35.2 Å². The summed E-state index contributed by atoms with van der Waals surface area (Å²) in [6, 6.07) is 8.36. The second kappa shape index (κ2) is 10.0. The Hall–Kier alpha value is -1.44. The average molecular weight is 408 g/mol. The van der Waals surface area contributed by atoms with E-state index in [4.69, 9.17) is 12.2 Å². The number of aromatic nitrogens is 1. The van der Waals surface area contributed by atoms with Gasteiger partial charge in [-0.3, -0.25) is 4.79 Å². The fraction of sp³-hybridized carbons (Fsp3) is 0.421. The summed E-state index contributed by atoms with van der Waals surface area (Å²) in [5.41, 5.74) is 3.24. The standard InChI is InChI=1S/C19H25N3OS3/c1-5-14-8-10-15(11-9-14)16-12-25-18(20-16)21-17(23)13(4)26-19(24)22(6-2)7-3/h8-13H,5-7H2,1-4H3,(H,20,21,23). The van der Waals surface area contributed by atoms with Gasteiger partial charge in [0.25, 0.3) is 0 Å². The molecule has 0 saturated carbocycles. The maximum absolute atomic E-state index is 12.4. The van der Waals surface area contributed by atoms with Crippen LogP contribution in [0.3, 0.4) is 0 Å². The zero-order valence-corrected chi connectivity index (χ0v) is 18.1. The fourth-order valence-electron chi connectivity index (χ4n) is 2.34. The van der Waals surface area contributed by atoms with Crippen LogP contribution in [-0.2, 0) is 11.2 Å². The summed E-state index contributed by atoms with van der Waals surface area (Å²) < 4.78 is 0.758. The molecule has 0 aliphatic carbocycles. The lowest BCUT2D eigenvalue weighted by Gasteiger charge is -2.22. The Kier molecular flexibility index (Phi) is 8.06. The van der Waals surface area contributed by atoms with Crippen molar-refractivity contribution in [1.29, 1.82) is 0 Å². The first-order valence-corrected chi connectivity index (χ1v) is 11.0. The Morgan fingerprint density at radius 3 is 2.50 bits per heavy atom. The number of carbonyl (C=O) groups is 1. The van der Waals surface area contributed by atoms with E-state index in [0.29, 0.717) is 5.13 Å².